The molecular formula is C16H25N3O2. The van der Waals surface area contributed by atoms with Crippen LogP contribution in [0.2, 0.25) is 0 Å². The smallest absolute Gasteiger partial charge is 0.272 e. The zero-order valence-electron chi connectivity index (χ0n) is 13.0. The Hall–Kier alpha value is -1.46. The first-order valence-corrected chi connectivity index (χ1v) is 7.73. The third-order valence-electron chi connectivity index (χ3n) is 4.52. The third-order valence-corrected chi connectivity index (χ3v) is 4.52. The SMILES string of the molecule is Cc1c(CNCCN(C)C2CCCC2)cccc1[N+](=O)[O-]. The van der Waals surface area contributed by atoms with Gasteiger partial charge in [-0.15, -0.1) is 0 Å². The third kappa shape index (κ3) is 4.25. The summed E-state index contributed by atoms with van der Waals surface area (Å²) >= 11 is 0. The fraction of sp³-hybridized carbons (Fsp3) is 0.625. The molecule has 1 aromatic carbocycles. The molecule has 0 saturated heterocycles. The number of hydrogen-bond acceptors (Lipinski definition) is 4. The molecule has 0 unspecified atom stereocenters. The largest absolute Gasteiger partial charge is 0.311 e. The predicted octanol–water partition coefficient (Wildman–Crippen LogP) is 2.87. The number of rotatable bonds is 7. The number of nitro groups is 1. The van der Waals surface area contributed by atoms with Gasteiger partial charge in [-0.3, -0.25) is 10.1 Å². The van der Waals surface area contributed by atoms with Crippen LogP contribution < -0.4 is 5.32 Å². The van der Waals surface area contributed by atoms with E-state index in [4.69, 9.17) is 0 Å². The average Bonchev–Trinajstić information content (AvgIpc) is 2.98. The van der Waals surface area contributed by atoms with Crippen LogP contribution in [0.25, 0.3) is 0 Å². The molecule has 1 aliphatic carbocycles. The standard InChI is InChI=1S/C16H25N3O2/c1-13-14(6-5-9-16(13)19(20)21)12-17-10-11-18(2)15-7-3-4-8-15/h5-6,9,15,17H,3-4,7-8,10-12H2,1-2H3. The maximum atomic E-state index is 10.9. The Morgan fingerprint density at radius 1 is 1.38 bits per heavy atom. The second-order valence-electron chi connectivity index (χ2n) is 5.91. The van der Waals surface area contributed by atoms with Gasteiger partial charge in [0.1, 0.15) is 0 Å². The molecule has 0 bridgehead atoms. The van der Waals surface area contributed by atoms with E-state index in [9.17, 15) is 10.1 Å². The molecule has 5 nitrogen and oxygen atoms in total. The van der Waals surface area contributed by atoms with Crippen molar-refractivity contribution in [2.45, 2.75) is 45.2 Å². The highest BCUT2D eigenvalue weighted by Crippen LogP contribution is 2.22. The summed E-state index contributed by atoms with van der Waals surface area (Å²) in [5, 5.41) is 14.3. The van der Waals surface area contributed by atoms with Crippen LogP contribution >= 0.6 is 0 Å². The monoisotopic (exact) mass is 291 g/mol. The zero-order valence-corrected chi connectivity index (χ0v) is 13.0. The van der Waals surface area contributed by atoms with E-state index >= 15 is 0 Å². The van der Waals surface area contributed by atoms with E-state index in [-0.39, 0.29) is 10.6 Å². The summed E-state index contributed by atoms with van der Waals surface area (Å²) in [7, 11) is 2.19. The van der Waals surface area contributed by atoms with Crippen LogP contribution in [-0.2, 0) is 6.54 Å². The van der Waals surface area contributed by atoms with Crippen molar-refractivity contribution in [1.82, 2.24) is 10.2 Å². The number of hydrogen-bond donors (Lipinski definition) is 1. The first-order chi connectivity index (χ1) is 10.1. The van der Waals surface area contributed by atoms with E-state index in [0.29, 0.717) is 6.54 Å². The molecule has 0 spiro atoms. The van der Waals surface area contributed by atoms with Crippen molar-refractivity contribution in [1.29, 1.82) is 0 Å². The maximum absolute atomic E-state index is 10.9. The van der Waals surface area contributed by atoms with E-state index < -0.39 is 0 Å². The van der Waals surface area contributed by atoms with Crippen molar-refractivity contribution in [3.63, 3.8) is 0 Å². The highest BCUT2D eigenvalue weighted by atomic mass is 16.6. The summed E-state index contributed by atoms with van der Waals surface area (Å²) in [5.41, 5.74) is 1.98. The van der Waals surface area contributed by atoms with Gasteiger partial charge in [-0.2, -0.15) is 0 Å². The van der Waals surface area contributed by atoms with Gasteiger partial charge in [0.2, 0.25) is 0 Å². The minimum atomic E-state index is -0.313. The summed E-state index contributed by atoms with van der Waals surface area (Å²) in [6.07, 6.45) is 5.35. The molecule has 1 aromatic rings. The van der Waals surface area contributed by atoms with E-state index in [2.05, 4.69) is 17.3 Å². The summed E-state index contributed by atoms with van der Waals surface area (Å²) in [4.78, 5) is 13.0. The van der Waals surface area contributed by atoms with Crippen LogP contribution in [0.15, 0.2) is 18.2 Å². The lowest BCUT2D eigenvalue weighted by atomic mass is 10.1. The van der Waals surface area contributed by atoms with Crippen molar-refractivity contribution in [2.24, 2.45) is 0 Å². The lowest BCUT2D eigenvalue weighted by Gasteiger charge is -2.24. The number of benzene rings is 1. The highest BCUT2D eigenvalue weighted by molar-refractivity contribution is 5.44. The maximum Gasteiger partial charge on any atom is 0.272 e. The van der Waals surface area contributed by atoms with Gasteiger partial charge < -0.3 is 10.2 Å². The van der Waals surface area contributed by atoms with Crippen molar-refractivity contribution in [3.8, 4) is 0 Å². The van der Waals surface area contributed by atoms with Crippen LogP contribution in [0.1, 0.15) is 36.8 Å². The van der Waals surface area contributed by atoms with Crippen molar-refractivity contribution in [3.05, 3.63) is 39.4 Å². The Morgan fingerprint density at radius 2 is 2.10 bits per heavy atom. The highest BCUT2D eigenvalue weighted by Gasteiger charge is 2.18. The van der Waals surface area contributed by atoms with Gasteiger partial charge in [0.15, 0.2) is 0 Å². The van der Waals surface area contributed by atoms with E-state index in [1.54, 1.807) is 12.1 Å². The lowest BCUT2D eigenvalue weighted by molar-refractivity contribution is -0.385. The van der Waals surface area contributed by atoms with Crippen LogP contribution in [0.3, 0.4) is 0 Å². The van der Waals surface area contributed by atoms with Crippen LogP contribution in [0.5, 0.6) is 0 Å². The van der Waals surface area contributed by atoms with Crippen LogP contribution in [0, 0.1) is 17.0 Å². The summed E-state index contributed by atoms with van der Waals surface area (Å²) < 4.78 is 0. The van der Waals surface area contributed by atoms with Crippen molar-refractivity contribution >= 4 is 5.69 Å². The van der Waals surface area contributed by atoms with Crippen molar-refractivity contribution < 1.29 is 4.92 Å². The van der Waals surface area contributed by atoms with Gasteiger partial charge in [0, 0.05) is 37.3 Å². The minimum Gasteiger partial charge on any atom is -0.311 e. The van der Waals surface area contributed by atoms with Gasteiger partial charge in [0.25, 0.3) is 5.69 Å². The number of nitrogens with zero attached hydrogens (tertiary/aromatic N) is 2. The molecule has 0 aromatic heterocycles. The van der Waals surface area contributed by atoms with Crippen LogP contribution in [0.4, 0.5) is 5.69 Å². The van der Waals surface area contributed by atoms with Crippen molar-refractivity contribution in [2.75, 3.05) is 20.1 Å². The number of nitro benzene ring substituents is 1. The van der Waals surface area contributed by atoms with E-state index in [1.807, 2.05) is 13.0 Å². The lowest BCUT2D eigenvalue weighted by Crippen LogP contribution is -2.35. The molecule has 2 rings (SSSR count). The molecule has 0 heterocycles. The topological polar surface area (TPSA) is 58.4 Å². The van der Waals surface area contributed by atoms with Gasteiger partial charge in [-0.1, -0.05) is 25.0 Å². The minimum absolute atomic E-state index is 0.206. The second kappa shape index (κ2) is 7.52. The predicted molar refractivity (Wildman–Crippen MR) is 84.4 cm³/mol. The van der Waals surface area contributed by atoms with Gasteiger partial charge in [0.05, 0.1) is 4.92 Å². The first kappa shape index (κ1) is 15.9. The molecule has 0 radical (unpaired) electrons. The van der Waals surface area contributed by atoms with Gasteiger partial charge in [-0.05, 0) is 32.4 Å². The molecule has 1 saturated carbocycles. The molecule has 0 atom stereocenters. The van der Waals surface area contributed by atoms with Gasteiger partial charge in [-0.25, -0.2) is 0 Å². The quantitative estimate of drug-likeness (QED) is 0.477. The molecule has 0 amide bonds. The van der Waals surface area contributed by atoms with Gasteiger partial charge >= 0.3 is 0 Å². The molecule has 0 aliphatic heterocycles. The Bertz CT molecular complexity index is 484. The Labute approximate surface area is 126 Å². The van der Waals surface area contributed by atoms with E-state index in [1.165, 1.54) is 25.7 Å². The second-order valence-corrected chi connectivity index (χ2v) is 5.91. The fourth-order valence-electron chi connectivity index (χ4n) is 3.07. The summed E-state index contributed by atoms with van der Waals surface area (Å²) in [6, 6.07) is 6.02. The molecule has 116 valence electrons. The van der Waals surface area contributed by atoms with Crippen LogP contribution in [-0.4, -0.2) is 36.0 Å². The molecular weight excluding hydrogens is 266 g/mol. The Balaban J connectivity index is 1.78. The molecule has 1 fully saturated rings. The number of nitrogens with one attached hydrogen (secondary N) is 1. The molecule has 21 heavy (non-hydrogen) atoms. The Kier molecular flexibility index (Phi) is 5.70. The Morgan fingerprint density at radius 3 is 2.76 bits per heavy atom. The molecule has 1 aliphatic rings. The normalized spacial score (nSPS) is 15.8. The summed E-state index contributed by atoms with van der Waals surface area (Å²) in [6.45, 7) is 4.44. The molecule has 1 N–H and O–H groups in total. The molecule has 5 heteroatoms. The zero-order chi connectivity index (χ0) is 15.2. The fourth-order valence-corrected chi connectivity index (χ4v) is 3.07. The number of likely N-dealkylation sites (N-methyl/N-ethyl adjacent to an activating group) is 1. The van der Waals surface area contributed by atoms with E-state index in [0.717, 1.165) is 30.3 Å². The average molecular weight is 291 g/mol. The summed E-state index contributed by atoms with van der Waals surface area (Å²) in [5.74, 6) is 0. The first-order valence-electron chi connectivity index (χ1n) is 7.73.